The lowest BCUT2D eigenvalue weighted by molar-refractivity contribution is 0.321. The van der Waals surface area contributed by atoms with Gasteiger partial charge in [-0.15, -0.1) is 11.3 Å². The first kappa shape index (κ1) is 12.8. The summed E-state index contributed by atoms with van der Waals surface area (Å²) >= 11 is 1.59. The van der Waals surface area contributed by atoms with E-state index in [2.05, 4.69) is 10.3 Å². The molecule has 1 aromatic heterocycles. The number of benzene rings is 1. The summed E-state index contributed by atoms with van der Waals surface area (Å²) in [5.74, 6) is -0.0645. The molecule has 1 N–H and O–H groups in total. The van der Waals surface area contributed by atoms with Crippen LogP contribution in [0.5, 0.6) is 5.75 Å². The number of aromatic nitrogens is 1. The van der Waals surface area contributed by atoms with Gasteiger partial charge in [-0.2, -0.15) is 0 Å². The number of ether oxygens (including phenoxy) is 1. The van der Waals surface area contributed by atoms with Crippen molar-refractivity contribution in [1.82, 2.24) is 4.98 Å². The van der Waals surface area contributed by atoms with E-state index in [1.807, 2.05) is 19.2 Å². The fraction of sp³-hybridized carbons (Fsp3) is 0.308. The number of hydrogen-bond donors (Lipinski definition) is 1. The molecule has 0 saturated heterocycles. The van der Waals surface area contributed by atoms with Crippen LogP contribution in [0.25, 0.3) is 0 Å². The summed E-state index contributed by atoms with van der Waals surface area (Å²) in [7, 11) is 0. The summed E-state index contributed by atoms with van der Waals surface area (Å²) < 4.78 is 18.7. The Labute approximate surface area is 110 Å². The van der Waals surface area contributed by atoms with Crippen LogP contribution in [0.4, 0.5) is 10.1 Å². The lowest BCUT2D eigenvalue weighted by atomic mass is 10.3. The molecular weight excluding hydrogens is 251 g/mol. The first-order valence-corrected chi connectivity index (χ1v) is 6.64. The Morgan fingerprint density at radius 3 is 2.89 bits per heavy atom. The van der Waals surface area contributed by atoms with Crippen LogP contribution in [0.15, 0.2) is 23.6 Å². The van der Waals surface area contributed by atoms with Gasteiger partial charge >= 0.3 is 0 Å². The topological polar surface area (TPSA) is 34.1 Å². The summed E-state index contributed by atoms with van der Waals surface area (Å²) in [6.45, 7) is 4.85. The van der Waals surface area contributed by atoms with Crippen molar-refractivity contribution in [3.05, 3.63) is 40.1 Å². The second-order valence-electron chi connectivity index (χ2n) is 3.81. The molecule has 0 spiro atoms. The van der Waals surface area contributed by atoms with Crippen LogP contribution in [0.3, 0.4) is 0 Å². The quantitative estimate of drug-likeness (QED) is 0.897. The lowest BCUT2D eigenvalue weighted by Crippen LogP contribution is -2.00. The van der Waals surface area contributed by atoms with Crippen LogP contribution >= 0.6 is 11.3 Å². The second kappa shape index (κ2) is 5.82. The zero-order valence-electron chi connectivity index (χ0n) is 10.4. The monoisotopic (exact) mass is 266 g/mol. The van der Waals surface area contributed by atoms with Gasteiger partial charge in [-0.25, -0.2) is 9.37 Å². The highest BCUT2D eigenvalue weighted by molar-refractivity contribution is 7.09. The summed E-state index contributed by atoms with van der Waals surface area (Å²) in [6, 6.07) is 4.87. The molecule has 2 aromatic rings. The van der Waals surface area contributed by atoms with E-state index < -0.39 is 0 Å². The van der Waals surface area contributed by atoms with E-state index in [0.717, 1.165) is 16.4 Å². The number of nitrogens with one attached hydrogen (secondary N) is 1. The molecule has 1 aromatic carbocycles. The molecule has 0 atom stereocenters. The maximum atomic E-state index is 13.6. The van der Waals surface area contributed by atoms with Crippen molar-refractivity contribution in [2.75, 3.05) is 11.9 Å². The normalized spacial score (nSPS) is 10.4. The number of hydrogen-bond acceptors (Lipinski definition) is 4. The van der Waals surface area contributed by atoms with Crippen LogP contribution in [0, 0.1) is 12.7 Å². The van der Waals surface area contributed by atoms with E-state index in [9.17, 15) is 4.39 Å². The highest BCUT2D eigenvalue weighted by atomic mass is 32.1. The third-order valence-corrected chi connectivity index (χ3v) is 3.31. The van der Waals surface area contributed by atoms with Gasteiger partial charge in [0.1, 0.15) is 5.01 Å². The standard InChI is InChI=1S/C13H15FN2OS/c1-3-17-12-5-4-10(6-11(12)14)15-7-13-16-9(2)8-18-13/h4-6,8,15H,3,7H2,1-2H3. The number of aryl methyl sites for hydroxylation is 1. The Balaban J connectivity index is 1.99. The van der Waals surface area contributed by atoms with Gasteiger partial charge < -0.3 is 10.1 Å². The van der Waals surface area contributed by atoms with Gasteiger partial charge in [-0.3, -0.25) is 0 Å². The average molecular weight is 266 g/mol. The van der Waals surface area contributed by atoms with Crippen molar-refractivity contribution >= 4 is 17.0 Å². The van der Waals surface area contributed by atoms with E-state index in [1.54, 1.807) is 23.5 Å². The number of nitrogens with zero attached hydrogens (tertiary/aromatic N) is 1. The SMILES string of the molecule is CCOc1ccc(NCc2nc(C)cs2)cc1F. The molecule has 0 amide bonds. The van der Waals surface area contributed by atoms with E-state index in [1.165, 1.54) is 6.07 Å². The minimum absolute atomic E-state index is 0.285. The second-order valence-corrected chi connectivity index (χ2v) is 4.76. The van der Waals surface area contributed by atoms with Crippen LogP contribution in [0.2, 0.25) is 0 Å². The molecule has 0 aliphatic rings. The zero-order chi connectivity index (χ0) is 13.0. The molecule has 2 rings (SSSR count). The summed E-state index contributed by atoms with van der Waals surface area (Å²) in [4.78, 5) is 4.33. The van der Waals surface area contributed by atoms with E-state index in [4.69, 9.17) is 4.74 Å². The van der Waals surface area contributed by atoms with Crippen LogP contribution in [-0.2, 0) is 6.54 Å². The molecule has 1 heterocycles. The number of anilines is 1. The number of rotatable bonds is 5. The molecule has 5 heteroatoms. The third kappa shape index (κ3) is 3.20. The molecule has 0 bridgehead atoms. The first-order valence-electron chi connectivity index (χ1n) is 5.76. The molecule has 0 radical (unpaired) electrons. The predicted octanol–water partition coefficient (Wildman–Crippen LogP) is 3.60. The minimum Gasteiger partial charge on any atom is -0.491 e. The maximum Gasteiger partial charge on any atom is 0.167 e. The van der Waals surface area contributed by atoms with Crippen molar-refractivity contribution in [1.29, 1.82) is 0 Å². The van der Waals surface area contributed by atoms with Gasteiger partial charge in [0.05, 0.1) is 13.2 Å². The smallest absolute Gasteiger partial charge is 0.167 e. The molecule has 3 nitrogen and oxygen atoms in total. The highest BCUT2D eigenvalue weighted by Crippen LogP contribution is 2.21. The average Bonchev–Trinajstić information content (AvgIpc) is 2.76. The lowest BCUT2D eigenvalue weighted by Gasteiger charge is -2.08. The highest BCUT2D eigenvalue weighted by Gasteiger charge is 2.04. The summed E-state index contributed by atoms with van der Waals surface area (Å²) in [5, 5.41) is 6.12. The summed E-state index contributed by atoms with van der Waals surface area (Å²) in [5.41, 5.74) is 1.73. The van der Waals surface area contributed by atoms with Gasteiger partial charge in [0.25, 0.3) is 0 Å². The molecule has 0 saturated carbocycles. The Morgan fingerprint density at radius 1 is 1.44 bits per heavy atom. The number of halogens is 1. The molecular formula is C13H15FN2OS. The fourth-order valence-corrected chi connectivity index (χ4v) is 2.26. The predicted molar refractivity (Wildman–Crippen MR) is 71.7 cm³/mol. The van der Waals surface area contributed by atoms with Crippen LogP contribution in [-0.4, -0.2) is 11.6 Å². The molecule has 0 aliphatic carbocycles. The van der Waals surface area contributed by atoms with E-state index >= 15 is 0 Å². The Kier molecular flexibility index (Phi) is 4.15. The molecule has 0 fully saturated rings. The van der Waals surface area contributed by atoms with Gasteiger partial charge in [0.15, 0.2) is 11.6 Å². The molecule has 0 unspecified atom stereocenters. The van der Waals surface area contributed by atoms with E-state index in [-0.39, 0.29) is 11.6 Å². The summed E-state index contributed by atoms with van der Waals surface area (Å²) in [6.07, 6.45) is 0. The van der Waals surface area contributed by atoms with Crippen molar-refractivity contribution < 1.29 is 9.13 Å². The van der Waals surface area contributed by atoms with Crippen LogP contribution < -0.4 is 10.1 Å². The fourth-order valence-electron chi connectivity index (χ4n) is 1.54. The van der Waals surface area contributed by atoms with Crippen LogP contribution in [0.1, 0.15) is 17.6 Å². The minimum atomic E-state index is -0.350. The van der Waals surface area contributed by atoms with Crippen molar-refractivity contribution in [3.63, 3.8) is 0 Å². The van der Waals surface area contributed by atoms with Crippen molar-refractivity contribution in [2.24, 2.45) is 0 Å². The van der Waals surface area contributed by atoms with Gasteiger partial charge in [-0.05, 0) is 26.0 Å². The van der Waals surface area contributed by atoms with Crippen molar-refractivity contribution in [2.45, 2.75) is 20.4 Å². The Bertz CT molecular complexity index is 527. The van der Waals surface area contributed by atoms with Crippen molar-refractivity contribution in [3.8, 4) is 5.75 Å². The van der Waals surface area contributed by atoms with E-state index in [0.29, 0.717) is 13.2 Å². The first-order chi connectivity index (χ1) is 8.69. The van der Waals surface area contributed by atoms with Gasteiger partial charge in [0, 0.05) is 22.8 Å². The molecule has 96 valence electrons. The number of thiazole rings is 1. The Morgan fingerprint density at radius 2 is 2.28 bits per heavy atom. The third-order valence-electron chi connectivity index (χ3n) is 2.34. The maximum absolute atomic E-state index is 13.6. The van der Waals surface area contributed by atoms with Gasteiger partial charge in [0.2, 0.25) is 0 Å². The Hall–Kier alpha value is -1.62. The molecule has 18 heavy (non-hydrogen) atoms. The zero-order valence-corrected chi connectivity index (χ0v) is 11.2. The largest absolute Gasteiger partial charge is 0.491 e. The molecule has 0 aliphatic heterocycles. The van der Waals surface area contributed by atoms with Gasteiger partial charge in [-0.1, -0.05) is 0 Å².